The fraction of sp³-hybridized carbons (Fsp3) is 0.250. The van der Waals surface area contributed by atoms with Gasteiger partial charge >= 0.3 is 0 Å². The van der Waals surface area contributed by atoms with E-state index < -0.39 is 10.8 Å². The lowest BCUT2D eigenvalue weighted by atomic mass is 10.1. The average Bonchev–Trinajstić information content (AvgIpc) is 3.34. The SMILES string of the molecule is CCC(=O)N1CCN(c2ccc(NC(=O)c3ccc(-c4cccc([N+](=O)[O-])c4)o3)cc2Cl)CC1. The largest absolute Gasteiger partial charge is 0.451 e. The van der Waals surface area contributed by atoms with Crippen LogP contribution < -0.4 is 10.2 Å². The van der Waals surface area contributed by atoms with Crippen LogP contribution in [0.5, 0.6) is 0 Å². The summed E-state index contributed by atoms with van der Waals surface area (Å²) in [5, 5.41) is 14.2. The standard InChI is InChI=1S/C24H23ClN4O5/c1-2-23(30)28-12-10-27(11-13-28)20-7-6-17(15-19(20)25)26-24(31)22-9-8-21(34-22)16-4-3-5-18(14-16)29(32)33/h3-9,14-15H,2,10-13H2,1H3,(H,26,31). The van der Waals surface area contributed by atoms with Gasteiger partial charge in [0.2, 0.25) is 5.91 Å². The van der Waals surface area contributed by atoms with Crippen LogP contribution in [0.4, 0.5) is 17.1 Å². The molecular weight excluding hydrogens is 460 g/mol. The number of halogens is 1. The molecule has 1 N–H and O–H groups in total. The molecule has 0 saturated carbocycles. The molecule has 0 aliphatic carbocycles. The number of hydrogen-bond acceptors (Lipinski definition) is 6. The molecule has 2 amide bonds. The quantitative estimate of drug-likeness (QED) is 0.398. The molecule has 0 bridgehead atoms. The number of hydrogen-bond donors (Lipinski definition) is 1. The Hall–Kier alpha value is -3.85. The van der Waals surface area contributed by atoms with E-state index >= 15 is 0 Å². The summed E-state index contributed by atoms with van der Waals surface area (Å²) in [5.41, 5.74) is 1.79. The zero-order valence-electron chi connectivity index (χ0n) is 18.5. The zero-order valence-corrected chi connectivity index (χ0v) is 19.2. The van der Waals surface area contributed by atoms with E-state index in [0.29, 0.717) is 54.6 Å². The van der Waals surface area contributed by atoms with Gasteiger partial charge in [-0.05, 0) is 30.3 Å². The van der Waals surface area contributed by atoms with Crippen molar-refractivity contribution in [3.63, 3.8) is 0 Å². The molecule has 0 unspecified atom stereocenters. The summed E-state index contributed by atoms with van der Waals surface area (Å²) in [6.07, 6.45) is 0.498. The third kappa shape index (κ3) is 5.04. The monoisotopic (exact) mass is 482 g/mol. The lowest BCUT2D eigenvalue weighted by Crippen LogP contribution is -2.48. The zero-order chi connectivity index (χ0) is 24.2. The summed E-state index contributed by atoms with van der Waals surface area (Å²) in [4.78, 5) is 39.0. The van der Waals surface area contributed by atoms with E-state index in [1.54, 1.807) is 30.3 Å². The molecule has 2 heterocycles. The van der Waals surface area contributed by atoms with E-state index in [0.717, 1.165) is 5.69 Å². The fourth-order valence-electron chi connectivity index (χ4n) is 3.84. The number of nitrogens with one attached hydrogen (secondary N) is 1. The topological polar surface area (TPSA) is 109 Å². The number of furan rings is 1. The Kier molecular flexibility index (Phi) is 6.83. The van der Waals surface area contributed by atoms with Crippen LogP contribution in [-0.2, 0) is 4.79 Å². The average molecular weight is 483 g/mol. The molecule has 1 aliphatic rings. The number of nitro groups is 1. The Labute approximate surface area is 201 Å². The van der Waals surface area contributed by atoms with Crippen molar-refractivity contribution < 1.29 is 18.9 Å². The predicted octanol–water partition coefficient (Wildman–Crippen LogP) is 4.82. The van der Waals surface area contributed by atoms with Crippen molar-refractivity contribution in [3.05, 3.63) is 75.5 Å². The third-order valence-corrected chi connectivity index (χ3v) is 5.96. The Balaban J connectivity index is 1.41. The Bertz CT molecular complexity index is 1230. The first-order valence-electron chi connectivity index (χ1n) is 10.8. The molecule has 1 aromatic heterocycles. The molecule has 3 aromatic rings. The number of amides is 2. The fourth-order valence-corrected chi connectivity index (χ4v) is 4.14. The molecule has 0 atom stereocenters. The number of rotatable bonds is 6. The van der Waals surface area contributed by atoms with E-state index in [4.69, 9.17) is 16.0 Å². The van der Waals surface area contributed by atoms with Gasteiger partial charge in [0, 0.05) is 56.0 Å². The van der Waals surface area contributed by atoms with Gasteiger partial charge in [-0.2, -0.15) is 0 Å². The maximum absolute atomic E-state index is 12.7. The molecule has 1 aliphatic heterocycles. The molecule has 34 heavy (non-hydrogen) atoms. The summed E-state index contributed by atoms with van der Waals surface area (Å²) < 4.78 is 5.62. The van der Waals surface area contributed by atoms with Crippen molar-refractivity contribution in [1.82, 2.24) is 4.90 Å². The van der Waals surface area contributed by atoms with Gasteiger partial charge in [-0.3, -0.25) is 19.7 Å². The summed E-state index contributed by atoms with van der Waals surface area (Å²) in [7, 11) is 0. The normalized spacial score (nSPS) is 13.6. The van der Waals surface area contributed by atoms with Crippen molar-refractivity contribution in [2.24, 2.45) is 0 Å². The Morgan fingerprint density at radius 1 is 1.09 bits per heavy atom. The predicted molar refractivity (Wildman–Crippen MR) is 129 cm³/mol. The Morgan fingerprint density at radius 2 is 1.85 bits per heavy atom. The number of nitrogens with zero attached hydrogens (tertiary/aromatic N) is 3. The van der Waals surface area contributed by atoms with Gasteiger partial charge < -0.3 is 19.5 Å². The van der Waals surface area contributed by atoms with Gasteiger partial charge in [0.25, 0.3) is 11.6 Å². The highest BCUT2D eigenvalue weighted by Crippen LogP contribution is 2.31. The maximum Gasteiger partial charge on any atom is 0.291 e. The van der Waals surface area contributed by atoms with Crippen LogP contribution in [0.25, 0.3) is 11.3 Å². The number of nitro benzene ring substituents is 1. The molecule has 9 nitrogen and oxygen atoms in total. The number of anilines is 2. The minimum Gasteiger partial charge on any atom is -0.451 e. The van der Waals surface area contributed by atoms with Gasteiger partial charge in [0.05, 0.1) is 15.6 Å². The first-order chi connectivity index (χ1) is 16.4. The molecule has 4 rings (SSSR count). The van der Waals surface area contributed by atoms with Crippen molar-refractivity contribution in [3.8, 4) is 11.3 Å². The minimum atomic E-state index is -0.488. The van der Waals surface area contributed by atoms with Crippen LogP contribution in [0.15, 0.2) is 59.0 Å². The molecule has 2 aromatic carbocycles. The summed E-state index contributed by atoms with van der Waals surface area (Å²) in [6, 6.07) is 14.4. The first-order valence-corrected chi connectivity index (χ1v) is 11.2. The van der Waals surface area contributed by atoms with E-state index in [1.165, 1.54) is 18.2 Å². The number of non-ortho nitro benzene ring substituents is 1. The molecule has 10 heteroatoms. The summed E-state index contributed by atoms with van der Waals surface area (Å²) >= 11 is 6.49. The van der Waals surface area contributed by atoms with Crippen LogP contribution in [0, 0.1) is 10.1 Å². The minimum absolute atomic E-state index is 0.0620. The van der Waals surface area contributed by atoms with Gasteiger partial charge in [-0.25, -0.2) is 0 Å². The number of carbonyl (C=O) groups is 2. The van der Waals surface area contributed by atoms with Gasteiger partial charge in [0.1, 0.15) is 5.76 Å². The van der Waals surface area contributed by atoms with Crippen LogP contribution in [0.1, 0.15) is 23.9 Å². The van der Waals surface area contributed by atoms with Crippen LogP contribution in [0.3, 0.4) is 0 Å². The van der Waals surface area contributed by atoms with E-state index in [2.05, 4.69) is 10.2 Å². The second kappa shape index (κ2) is 9.96. The lowest BCUT2D eigenvalue weighted by Gasteiger charge is -2.36. The third-order valence-electron chi connectivity index (χ3n) is 5.65. The highest BCUT2D eigenvalue weighted by molar-refractivity contribution is 6.33. The highest BCUT2D eigenvalue weighted by atomic mass is 35.5. The molecular formula is C24H23ClN4O5. The van der Waals surface area contributed by atoms with Crippen molar-refractivity contribution >= 4 is 40.5 Å². The van der Waals surface area contributed by atoms with Crippen LogP contribution >= 0.6 is 11.6 Å². The second-order valence-corrected chi connectivity index (χ2v) is 8.22. The number of benzene rings is 2. The van der Waals surface area contributed by atoms with E-state index in [9.17, 15) is 19.7 Å². The summed E-state index contributed by atoms with van der Waals surface area (Å²) in [5.74, 6) is 0.101. The van der Waals surface area contributed by atoms with E-state index in [1.807, 2.05) is 17.9 Å². The molecule has 1 saturated heterocycles. The highest BCUT2D eigenvalue weighted by Gasteiger charge is 2.22. The lowest BCUT2D eigenvalue weighted by molar-refractivity contribution is -0.384. The van der Waals surface area contributed by atoms with Crippen molar-refractivity contribution in [2.45, 2.75) is 13.3 Å². The van der Waals surface area contributed by atoms with Crippen molar-refractivity contribution in [1.29, 1.82) is 0 Å². The Morgan fingerprint density at radius 3 is 2.53 bits per heavy atom. The van der Waals surface area contributed by atoms with Gasteiger partial charge in [-0.15, -0.1) is 0 Å². The molecule has 0 radical (unpaired) electrons. The number of carbonyl (C=O) groups excluding carboxylic acids is 2. The summed E-state index contributed by atoms with van der Waals surface area (Å²) in [6.45, 7) is 4.52. The second-order valence-electron chi connectivity index (χ2n) is 7.81. The molecule has 1 fully saturated rings. The number of piperazine rings is 1. The smallest absolute Gasteiger partial charge is 0.291 e. The van der Waals surface area contributed by atoms with Crippen LogP contribution in [0.2, 0.25) is 5.02 Å². The molecule has 0 spiro atoms. The maximum atomic E-state index is 12.7. The first kappa shape index (κ1) is 23.3. The van der Waals surface area contributed by atoms with Gasteiger partial charge in [-0.1, -0.05) is 30.7 Å². The van der Waals surface area contributed by atoms with Gasteiger partial charge in [0.15, 0.2) is 5.76 Å². The molecule has 176 valence electrons. The van der Waals surface area contributed by atoms with Crippen molar-refractivity contribution in [2.75, 3.05) is 36.4 Å². The van der Waals surface area contributed by atoms with E-state index in [-0.39, 0.29) is 17.4 Å². The van der Waals surface area contributed by atoms with Crippen LogP contribution in [-0.4, -0.2) is 47.8 Å².